The molecule has 1 saturated carbocycles. The molecule has 1 aliphatic carbocycles. The van der Waals surface area contributed by atoms with Gasteiger partial charge in [0.15, 0.2) is 6.10 Å². The van der Waals surface area contributed by atoms with Gasteiger partial charge in [0, 0.05) is 12.8 Å². The molecule has 1 fully saturated rings. The summed E-state index contributed by atoms with van der Waals surface area (Å²) in [6, 6.07) is 0. The highest BCUT2D eigenvalue weighted by Crippen LogP contribution is 2.47. The molecule has 1 rings (SSSR count). The maximum absolute atomic E-state index is 12.8. The van der Waals surface area contributed by atoms with Crippen molar-refractivity contribution in [2.75, 3.05) is 13.2 Å². The van der Waals surface area contributed by atoms with Gasteiger partial charge in [-0.1, -0.05) is 130 Å². The number of esters is 2. The van der Waals surface area contributed by atoms with Gasteiger partial charge in [-0.3, -0.25) is 18.6 Å². The number of phosphoric ester groups is 1. The highest BCUT2D eigenvalue weighted by molar-refractivity contribution is 7.47. The normalized spacial score (nSPS) is 24.0. The first-order valence-electron chi connectivity index (χ1n) is 22.4. The number of phosphoric acid groups is 1. The lowest BCUT2D eigenvalue weighted by molar-refractivity contribution is -0.220. The van der Waals surface area contributed by atoms with Crippen LogP contribution in [0.4, 0.5) is 0 Å². The van der Waals surface area contributed by atoms with E-state index in [1.807, 2.05) is 19.1 Å². The van der Waals surface area contributed by atoms with Crippen LogP contribution >= 0.6 is 7.82 Å². The van der Waals surface area contributed by atoms with E-state index < -0.39 is 94.0 Å². The third-order valence-corrected chi connectivity index (χ3v) is 10.7. The molecule has 1 aliphatic rings. The third kappa shape index (κ3) is 27.9. The number of rotatable bonds is 34. The Morgan fingerprint density at radius 1 is 0.609 bits per heavy atom. The van der Waals surface area contributed by atoms with Crippen molar-refractivity contribution >= 4 is 19.8 Å². The lowest BCUT2D eigenvalue weighted by atomic mass is 9.85. The number of allylic oxidation sites excluding steroid dienone is 13. The molecule has 0 radical (unpaired) electrons. The van der Waals surface area contributed by atoms with Crippen molar-refractivity contribution < 1.29 is 78.4 Å². The van der Waals surface area contributed by atoms with Crippen molar-refractivity contribution in [2.45, 2.75) is 171 Å². The molecular formula is C47H75O16P. The second-order valence-corrected chi connectivity index (χ2v) is 16.8. The number of ether oxygens (including phenoxy) is 2. The minimum Gasteiger partial charge on any atom is -0.462 e. The van der Waals surface area contributed by atoms with Crippen molar-refractivity contribution in [1.29, 1.82) is 0 Å². The molecule has 364 valence electrons. The van der Waals surface area contributed by atoms with Crippen LogP contribution in [0.15, 0.2) is 97.2 Å². The molecule has 0 aromatic rings. The lowest BCUT2D eigenvalue weighted by Crippen LogP contribution is -2.64. The summed E-state index contributed by atoms with van der Waals surface area (Å²) in [6.45, 7) is 2.67. The number of hydrogen-bond donors (Lipinski definition) is 9. The van der Waals surface area contributed by atoms with Crippen molar-refractivity contribution in [3.05, 3.63) is 97.2 Å². The van der Waals surface area contributed by atoms with Crippen molar-refractivity contribution in [3.63, 3.8) is 0 Å². The minimum absolute atomic E-state index is 0.00914. The summed E-state index contributed by atoms with van der Waals surface area (Å²) in [5, 5.41) is 80.7. The van der Waals surface area contributed by atoms with Crippen LogP contribution in [-0.4, -0.2) is 132 Å². The molecule has 0 amide bonds. The van der Waals surface area contributed by atoms with E-state index in [2.05, 4.69) is 43.4 Å². The average molecular weight is 927 g/mol. The molecule has 0 spiro atoms. The fourth-order valence-electron chi connectivity index (χ4n) is 6.05. The van der Waals surface area contributed by atoms with E-state index in [4.69, 9.17) is 18.5 Å². The topological polar surface area (TPSA) is 270 Å². The second-order valence-electron chi connectivity index (χ2n) is 15.4. The van der Waals surface area contributed by atoms with E-state index in [-0.39, 0.29) is 25.7 Å². The largest absolute Gasteiger partial charge is 0.472 e. The molecule has 3 unspecified atom stereocenters. The SMILES string of the molecule is CC/C=C\C/C=C\C/C=C\CCCCCCCC(=O)OC[C@H](COP(=O)(O)OC1[C@H](O)[C@H](O)C(O)[C@H](O)[C@H]1O)OC(=O)CCC[C@@H](O)[C@H](O)\C=C/C=C\C=C\C=C\[C@@H](O)C/C=C\CC. The Balaban J connectivity index is 2.66. The average Bonchev–Trinajstić information content (AvgIpc) is 3.26. The zero-order valence-corrected chi connectivity index (χ0v) is 38.3. The molecule has 0 aromatic heterocycles. The van der Waals surface area contributed by atoms with Crippen molar-refractivity contribution in [2.24, 2.45) is 0 Å². The quantitative estimate of drug-likeness (QED) is 0.0132. The molecule has 0 aliphatic heterocycles. The van der Waals surface area contributed by atoms with E-state index in [0.717, 1.165) is 57.8 Å². The molecule has 9 N–H and O–H groups in total. The van der Waals surface area contributed by atoms with Crippen LogP contribution in [0, 0.1) is 0 Å². The fourth-order valence-corrected chi connectivity index (χ4v) is 7.03. The standard InChI is InChI=1S/C47H75O16P/c1-3-5-7-8-9-10-11-12-13-14-15-16-17-22-26-32-40(51)60-34-37(35-61-64(58,59)63-47-45(56)43(54)42(53)44(55)46(47)57)62-41(52)33-27-31-39(50)38(49)30-25-21-19-18-20-24-29-36(48)28-23-6-4-2/h5-7,9-10,12-13,18-21,23-25,29-30,36-39,42-50,53-57H,3-4,8,11,14-17,22,26-28,31-35H2,1-2H3,(H,58,59)/b7-5-,10-9-,13-12-,20-18+,21-19-,23-6-,29-24+,30-25-/t36-,37+,38+,39+,42?,43-,44+,45+,46+,47?/m0/s1. The summed E-state index contributed by atoms with van der Waals surface area (Å²) in [5.41, 5.74) is 0. The fraction of sp³-hybridized carbons (Fsp3) is 0.617. The number of carbonyl (C=O) groups excluding carboxylic acids is 2. The summed E-state index contributed by atoms with van der Waals surface area (Å²) in [4.78, 5) is 35.7. The Hall–Kier alpha value is -3.35. The van der Waals surface area contributed by atoms with Crippen LogP contribution < -0.4 is 0 Å². The van der Waals surface area contributed by atoms with Crippen LogP contribution in [0.25, 0.3) is 0 Å². The molecule has 11 atom stereocenters. The molecule has 17 heteroatoms. The van der Waals surface area contributed by atoms with Gasteiger partial charge in [0.25, 0.3) is 0 Å². The highest BCUT2D eigenvalue weighted by Gasteiger charge is 2.51. The van der Waals surface area contributed by atoms with E-state index in [9.17, 15) is 59.9 Å². The molecule has 0 aromatic carbocycles. The van der Waals surface area contributed by atoms with E-state index in [0.29, 0.717) is 12.8 Å². The van der Waals surface area contributed by atoms with Gasteiger partial charge in [0.05, 0.1) is 24.9 Å². The van der Waals surface area contributed by atoms with Crippen LogP contribution in [0.3, 0.4) is 0 Å². The van der Waals surface area contributed by atoms with Gasteiger partial charge in [0.2, 0.25) is 0 Å². The molecule has 0 saturated heterocycles. The van der Waals surface area contributed by atoms with Gasteiger partial charge in [-0.25, -0.2) is 4.57 Å². The van der Waals surface area contributed by atoms with Gasteiger partial charge in [-0.15, -0.1) is 0 Å². The Labute approximate surface area is 378 Å². The van der Waals surface area contributed by atoms with Crippen LogP contribution in [0.2, 0.25) is 0 Å². The molecule has 16 nitrogen and oxygen atoms in total. The van der Waals surface area contributed by atoms with Crippen molar-refractivity contribution in [1.82, 2.24) is 0 Å². The van der Waals surface area contributed by atoms with E-state index >= 15 is 0 Å². The van der Waals surface area contributed by atoms with Crippen LogP contribution in [0.1, 0.15) is 110 Å². The highest BCUT2D eigenvalue weighted by atomic mass is 31.2. The van der Waals surface area contributed by atoms with Gasteiger partial charge < -0.3 is 55.2 Å². The zero-order valence-electron chi connectivity index (χ0n) is 37.4. The summed E-state index contributed by atoms with van der Waals surface area (Å²) in [6.07, 6.45) is 22.4. The first kappa shape index (κ1) is 58.7. The van der Waals surface area contributed by atoms with Gasteiger partial charge in [0.1, 0.15) is 43.2 Å². The predicted molar refractivity (Wildman–Crippen MR) is 243 cm³/mol. The minimum atomic E-state index is -5.23. The van der Waals surface area contributed by atoms with Gasteiger partial charge >= 0.3 is 19.8 Å². The molecule has 0 bridgehead atoms. The maximum Gasteiger partial charge on any atom is 0.472 e. The van der Waals surface area contributed by atoms with Crippen LogP contribution in [-0.2, 0) is 32.7 Å². The zero-order chi connectivity index (χ0) is 47.6. The number of hydrogen-bond acceptors (Lipinski definition) is 15. The Morgan fingerprint density at radius 3 is 1.80 bits per heavy atom. The third-order valence-electron chi connectivity index (χ3n) is 9.76. The van der Waals surface area contributed by atoms with Gasteiger partial charge in [-0.05, 0) is 64.2 Å². The van der Waals surface area contributed by atoms with E-state index in [1.54, 1.807) is 36.5 Å². The van der Waals surface area contributed by atoms with Crippen LogP contribution in [0.5, 0.6) is 0 Å². The van der Waals surface area contributed by atoms with Gasteiger partial charge in [-0.2, -0.15) is 0 Å². The monoisotopic (exact) mass is 926 g/mol. The second kappa shape index (κ2) is 35.9. The summed E-state index contributed by atoms with van der Waals surface area (Å²) in [5.74, 6) is -1.46. The Morgan fingerprint density at radius 2 is 1.14 bits per heavy atom. The van der Waals surface area contributed by atoms with Crippen molar-refractivity contribution in [3.8, 4) is 0 Å². The smallest absolute Gasteiger partial charge is 0.462 e. The Kier molecular flexibility index (Phi) is 32.9. The number of aliphatic hydroxyl groups is 8. The van der Waals surface area contributed by atoms with E-state index in [1.165, 1.54) is 12.2 Å². The molecule has 64 heavy (non-hydrogen) atoms. The summed E-state index contributed by atoms with van der Waals surface area (Å²) >= 11 is 0. The maximum atomic E-state index is 12.8. The first-order valence-corrected chi connectivity index (χ1v) is 23.9. The number of unbranched alkanes of at least 4 members (excludes halogenated alkanes) is 5. The number of carbonyl (C=O) groups is 2. The predicted octanol–water partition coefficient (Wildman–Crippen LogP) is 5.19. The summed E-state index contributed by atoms with van der Waals surface area (Å²) < 4.78 is 33.2. The summed E-state index contributed by atoms with van der Waals surface area (Å²) in [7, 11) is -5.23. The Bertz CT molecular complexity index is 1540. The molecule has 0 heterocycles. The lowest BCUT2D eigenvalue weighted by Gasteiger charge is -2.41. The number of aliphatic hydroxyl groups excluding tert-OH is 8. The first-order chi connectivity index (χ1) is 30.6. The molecular weight excluding hydrogens is 851 g/mol.